The molecule has 6 aromatic carbocycles. The first kappa shape index (κ1) is 48.3. The van der Waals surface area contributed by atoms with Crippen LogP contribution in [0.25, 0.3) is 38.8 Å². The maximum absolute atomic E-state index is 7.42. The Bertz CT molecular complexity index is 3310. The topological polar surface area (TPSA) is 48.6 Å². The van der Waals surface area contributed by atoms with Crippen LogP contribution in [0.5, 0.6) is 11.5 Å². The van der Waals surface area contributed by atoms with Gasteiger partial charge < -0.3 is 14.0 Å². The Morgan fingerprint density at radius 2 is 1.29 bits per heavy atom. The van der Waals surface area contributed by atoms with E-state index in [0.717, 1.165) is 44.5 Å². The van der Waals surface area contributed by atoms with E-state index in [2.05, 4.69) is 230 Å². The quantitative estimate of drug-likeness (QED) is 0.149. The third-order valence-corrected chi connectivity index (χ3v) is 15.6. The van der Waals surface area contributed by atoms with Gasteiger partial charge in [0, 0.05) is 39.8 Å². The van der Waals surface area contributed by atoms with E-state index < -0.39 is 11.1 Å². The average Bonchev–Trinajstić information content (AvgIpc) is 3.74. The molecular weight excluding hydrogens is 1030 g/mol. The fourth-order valence-corrected chi connectivity index (χ4v) is 11.5. The molecule has 2 aliphatic rings. The van der Waals surface area contributed by atoms with Crippen molar-refractivity contribution >= 4 is 27.8 Å². The molecule has 0 spiro atoms. The standard InChI is InChI=1S/C63H65N3O2.Pt/c1-37-26-40(4)54(41(5)27-37)44-30-45(58-65-62(14,63(15,68-58)60(9,10)11)55(42-22-18-16-19-23-42)43-24-20-17-21-25-43)32-47(31-44)67-53-35-52-50(29-39(53)3)61(12,13)51-34-46(59(6,7)8)33-48-49-28-38(2)36-64-57(49)66(52)56(48)51;/h16-31,33-34,36,55H,1-15H3;/q-2;+2/t62-,63-;/m1./s1. The Labute approximate surface area is 424 Å². The van der Waals surface area contributed by atoms with Crippen molar-refractivity contribution < 1.29 is 30.5 Å². The van der Waals surface area contributed by atoms with Crippen molar-refractivity contribution in [3.63, 3.8) is 0 Å². The number of hydrogen-bond acceptors (Lipinski definition) is 4. The van der Waals surface area contributed by atoms with Crippen LogP contribution in [0.1, 0.15) is 136 Å². The Hall–Kier alpha value is -5.77. The summed E-state index contributed by atoms with van der Waals surface area (Å²) in [7, 11) is 0. The van der Waals surface area contributed by atoms with Crippen molar-refractivity contribution in [1.82, 2.24) is 9.55 Å². The third kappa shape index (κ3) is 7.70. The monoisotopic (exact) mass is 1090 g/mol. The van der Waals surface area contributed by atoms with E-state index in [0.29, 0.717) is 17.4 Å². The summed E-state index contributed by atoms with van der Waals surface area (Å²) >= 11 is 0. The molecule has 2 aromatic heterocycles. The fraction of sp³-hybridized carbons (Fsp3) is 0.333. The summed E-state index contributed by atoms with van der Waals surface area (Å²) in [6.07, 6.45) is 1.97. The number of ether oxygens (including phenoxy) is 2. The molecule has 0 aliphatic carbocycles. The second-order valence-corrected chi connectivity index (χ2v) is 22.8. The second-order valence-electron chi connectivity index (χ2n) is 22.8. The molecule has 354 valence electrons. The maximum atomic E-state index is 7.42. The van der Waals surface area contributed by atoms with Gasteiger partial charge in [-0.05, 0) is 109 Å². The van der Waals surface area contributed by atoms with Crippen LogP contribution in [-0.2, 0) is 36.6 Å². The molecule has 0 unspecified atom stereocenters. The molecule has 0 saturated heterocycles. The Morgan fingerprint density at radius 1 is 0.667 bits per heavy atom. The van der Waals surface area contributed by atoms with E-state index >= 15 is 0 Å². The summed E-state index contributed by atoms with van der Waals surface area (Å²) in [4.78, 5) is 10.9. The minimum atomic E-state index is -0.747. The SMILES string of the molecule is Cc1cc(C)c(-c2cc(Oc3[c-]c4c(cc3C)C(C)(C)c3cc(C(C)(C)C)cc5c6cc(C)cnc6n-4c35)[c-]c(C3=N[C@](C)(C(c4ccccc4)c4ccccc4)[C@@](C)(C(C)(C)C)O3)c2)c(C)c1.[Pt+2]. The van der Waals surface area contributed by atoms with Gasteiger partial charge in [-0.1, -0.05) is 176 Å². The van der Waals surface area contributed by atoms with Crippen LogP contribution >= 0.6 is 0 Å². The number of pyridine rings is 1. The molecule has 0 fully saturated rings. The Balaban J connectivity index is 0.00000593. The van der Waals surface area contributed by atoms with E-state index in [4.69, 9.17) is 19.5 Å². The molecule has 8 aromatic rings. The van der Waals surface area contributed by atoms with Gasteiger partial charge in [-0.2, -0.15) is 6.07 Å². The first-order valence-corrected chi connectivity index (χ1v) is 24.3. The maximum Gasteiger partial charge on any atom is 2.00 e. The van der Waals surface area contributed by atoms with E-state index in [1.54, 1.807) is 0 Å². The molecule has 0 N–H and O–H groups in total. The van der Waals surface area contributed by atoms with Gasteiger partial charge in [0.1, 0.15) is 22.7 Å². The molecule has 0 radical (unpaired) electrons. The molecule has 0 amide bonds. The molecule has 0 saturated carbocycles. The summed E-state index contributed by atoms with van der Waals surface area (Å²) in [5.74, 6) is 1.65. The molecule has 0 bridgehead atoms. The molecule has 2 aliphatic heterocycles. The van der Waals surface area contributed by atoms with Crippen LogP contribution in [0.3, 0.4) is 0 Å². The smallest absolute Gasteiger partial charge is 0.511 e. The van der Waals surface area contributed by atoms with Gasteiger partial charge in [-0.3, -0.25) is 4.99 Å². The first-order valence-electron chi connectivity index (χ1n) is 24.3. The van der Waals surface area contributed by atoms with Crippen molar-refractivity contribution in [2.24, 2.45) is 10.4 Å². The normalized spacial score (nSPS) is 18.5. The summed E-state index contributed by atoms with van der Waals surface area (Å²) in [6.45, 7) is 33.7. The van der Waals surface area contributed by atoms with Crippen molar-refractivity contribution in [3.05, 3.63) is 189 Å². The van der Waals surface area contributed by atoms with Gasteiger partial charge in [0.05, 0.1) is 5.52 Å². The zero-order chi connectivity index (χ0) is 48.5. The van der Waals surface area contributed by atoms with E-state index in [1.807, 2.05) is 6.20 Å². The van der Waals surface area contributed by atoms with Crippen LogP contribution in [0, 0.1) is 52.2 Å². The van der Waals surface area contributed by atoms with Crippen LogP contribution < -0.4 is 4.74 Å². The van der Waals surface area contributed by atoms with E-state index in [-0.39, 0.29) is 43.2 Å². The number of aromatic nitrogens is 2. The second kappa shape index (κ2) is 16.7. The molecule has 69 heavy (non-hydrogen) atoms. The molecular formula is C63H65N3O2Pt. The number of nitrogens with zero attached hydrogens (tertiary/aromatic N) is 3. The average molecular weight is 1090 g/mol. The molecule has 2 atom stereocenters. The van der Waals surface area contributed by atoms with Crippen molar-refractivity contribution in [3.8, 4) is 28.3 Å². The number of rotatable bonds is 7. The summed E-state index contributed by atoms with van der Waals surface area (Å²) in [5.41, 5.74) is 15.7. The first-order chi connectivity index (χ1) is 32.0. The van der Waals surface area contributed by atoms with Crippen LogP contribution in [0.4, 0.5) is 0 Å². The van der Waals surface area contributed by atoms with Gasteiger partial charge in [0.25, 0.3) is 0 Å². The van der Waals surface area contributed by atoms with Crippen LogP contribution in [-0.4, -0.2) is 26.6 Å². The predicted octanol–water partition coefficient (Wildman–Crippen LogP) is 15.9. The number of fused-ring (bicyclic) bond motifs is 5. The fourth-order valence-electron chi connectivity index (χ4n) is 11.5. The summed E-state index contributed by atoms with van der Waals surface area (Å²) < 4.78 is 16.9. The van der Waals surface area contributed by atoms with E-state index in [1.165, 1.54) is 55.4 Å². The Morgan fingerprint density at radius 3 is 1.88 bits per heavy atom. The van der Waals surface area contributed by atoms with Crippen molar-refractivity contribution in [1.29, 1.82) is 0 Å². The van der Waals surface area contributed by atoms with Gasteiger partial charge >= 0.3 is 21.1 Å². The van der Waals surface area contributed by atoms with Gasteiger partial charge in [-0.15, -0.1) is 23.3 Å². The van der Waals surface area contributed by atoms with Gasteiger partial charge in [-0.25, -0.2) is 4.98 Å². The number of benzene rings is 6. The number of aliphatic imine (C=N–C) groups is 1. The molecule has 4 heterocycles. The Kier molecular flexibility index (Phi) is 11.7. The van der Waals surface area contributed by atoms with Gasteiger partial charge in [0.15, 0.2) is 0 Å². The largest absolute Gasteiger partial charge is 2.00 e. The molecule has 6 heteroatoms. The van der Waals surface area contributed by atoms with Gasteiger partial charge in [0.2, 0.25) is 0 Å². The third-order valence-electron chi connectivity index (χ3n) is 15.6. The van der Waals surface area contributed by atoms with Crippen LogP contribution in [0.2, 0.25) is 0 Å². The zero-order valence-electron chi connectivity index (χ0n) is 43.0. The predicted molar refractivity (Wildman–Crippen MR) is 281 cm³/mol. The zero-order valence-corrected chi connectivity index (χ0v) is 45.3. The number of hydrogen-bond donors (Lipinski definition) is 0. The van der Waals surface area contributed by atoms with E-state index in [9.17, 15) is 0 Å². The van der Waals surface area contributed by atoms with Crippen LogP contribution in [0.15, 0.2) is 120 Å². The molecule has 10 rings (SSSR count). The number of aryl methyl sites for hydroxylation is 5. The van der Waals surface area contributed by atoms with Crippen molar-refractivity contribution in [2.75, 3.05) is 0 Å². The minimum absolute atomic E-state index is 0. The summed E-state index contributed by atoms with van der Waals surface area (Å²) in [6, 6.07) is 47.4. The molecule has 5 nitrogen and oxygen atoms in total. The summed E-state index contributed by atoms with van der Waals surface area (Å²) in [5, 5.41) is 2.37. The minimum Gasteiger partial charge on any atom is -0.511 e. The van der Waals surface area contributed by atoms with Crippen molar-refractivity contribution in [2.45, 2.75) is 132 Å².